The summed E-state index contributed by atoms with van der Waals surface area (Å²) >= 11 is 0. The Kier molecular flexibility index (Phi) is 17.2. The molecular formula is C39H51FN2O5. The lowest BCUT2D eigenvalue weighted by Crippen LogP contribution is -2.18. The van der Waals surface area contributed by atoms with E-state index in [9.17, 15) is 14.0 Å². The second-order valence-electron chi connectivity index (χ2n) is 11.9. The van der Waals surface area contributed by atoms with Crippen molar-refractivity contribution in [1.82, 2.24) is 0 Å². The minimum absolute atomic E-state index is 0.0741. The van der Waals surface area contributed by atoms with Gasteiger partial charge in [-0.1, -0.05) is 85.0 Å². The van der Waals surface area contributed by atoms with E-state index >= 15 is 0 Å². The van der Waals surface area contributed by atoms with Crippen molar-refractivity contribution < 1.29 is 28.2 Å². The lowest BCUT2D eigenvalue weighted by molar-refractivity contribution is 0.0266. The van der Waals surface area contributed by atoms with E-state index in [1.54, 1.807) is 12.1 Å². The molecule has 3 rings (SSSR count). The molecule has 0 aliphatic rings. The van der Waals surface area contributed by atoms with Crippen LogP contribution in [0.4, 0.5) is 15.8 Å². The summed E-state index contributed by atoms with van der Waals surface area (Å²) < 4.78 is 31.5. The predicted octanol–water partition coefficient (Wildman–Crippen LogP) is 11.9. The van der Waals surface area contributed by atoms with Crippen LogP contribution in [0.2, 0.25) is 0 Å². The number of ether oxygens (including phenoxy) is 3. The Balaban J connectivity index is 1.43. The molecule has 254 valence electrons. The van der Waals surface area contributed by atoms with Gasteiger partial charge in [0.2, 0.25) is 0 Å². The number of benzene rings is 3. The van der Waals surface area contributed by atoms with Gasteiger partial charge in [-0.15, -0.1) is 0 Å². The van der Waals surface area contributed by atoms with E-state index in [0.29, 0.717) is 24.4 Å². The van der Waals surface area contributed by atoms with Gasteiger partial charge in [-0.05, 0) is 92.4 Å². The summed E-state index contributed by atoms with van der Waals surface area (Å²) in [5.74, 6) is -1.61. The molecule has 0 saturated heterocycles. The number of hydrogen-bond acceptors (Lipinski definition) is 7. The van der Waals surface area contributed by atoms with Crippen LogP contribution in [0.25, 0.3) is 0 Å². The molecule has 47 heavy (non-hydrogen) atoms. The quantitative estimate of drug-likeness (QED) is 0.0469. The summed E-state index contributed by atoms with van der Waals surface area (Å²) in [5, 5.41) is 8.49. The number of unbranched alkanes of at least 4 members (excludes halogenated alkanes) is 10. The molecule has 0 radical (unpaired) electrons. The zero-order valence-electron chi connectivity index (χ0n) is 28.3. The summed E-state index contributed by atoms with van der Waals surface area (Å²) in [4.78, 5) is 25.2. The Morgan fingerprint density at radius 3 is 1.81 bits per heavy atom. The van der Waals surface area contributed by atoms with Gasteiger partial charge in [0, 0.05) is 0 Å². The molecule has 0 heterocycles. The molecule has 0 unspecified atom stereocenters. The number of carbonyl (C=O) groups excluding carboxylic acids is 2. The first kappa shape index (κ1) is 37.4. The maximum absolute atomic E-state index is 14.8. The van der Waals surface area contributed by atoms with Gasteiger partial charge in [0.05, 0.1) is 29.1 Å². The molecule has 0 spiro atoms. The highest BCUT2D eigenvalue weighted by molar-refractivity contribution is 5.92. The fraction of sp³-hybridized carbons (Fsp3) is 0.487. The fourth-order valence-corrected chi connectivity index (χ4v) is 5.05. The number of hydrogen-bond donors (Lipinski definition) is 0. The topological polar surface area (TPSA) is 86.5 Å². The van der Waals surface area contributed by atoms with Crippen LogP contribution in [0.5, 0.6) is 11.5 Å². The summed E-state index contributed by atoms with van der Waals surface area (Å²) in [6.45, 7) is 7.05. The number of carbonyl (C=O) groups is 2. The van der Waals surface area contributed by atoms with E-state index < -0.39 is 17.8 Å². The number of rotatable bonds is 22. The third kappa shape index (κ3) is 14.1. The zero-order chi connectivity index (χ0) is 33.7. The van der Waals surface area contributed by atoms with Crippen LogP contribution in [0.1, 0.15) is 131 Å². The monoisotopic (exact) mass is 646 g/mol. The molecule has 3 aromatic rings. The maximum atomic E-state index is 14.8. The molecule has 0 fully saturated rings. The van der Waals surface area contributed by atoms with Crippen molar-refractivity contribution in [2.45, 2.75) is 117 Å². The largest absolute Gasteiger partial charge is 0.494 e. The highest BCUT2D eigenvalue weighted by atomic mass is 19.1. The average molecular weight is 647 g/mol. The molecule has 0 N–H and O–H groups in total. The van der Waals surface area contributed by atoms with Crippen LogP contribution in [-0.2, 0) is 4.74 Å². The van der Waals surface area contributed by atoms with Crippen molar-refractivity contribution in [1.29, 1.82) is 0 Å². The van der Waals surface area contributed by atoms with Crippen LogP contribution in [0, 0.1) is 5.82 Å². The van der Waals surface area contributed by atoms with E-state index in [1.165, 1.54) is 69.2 Å². The Labute approximate surface area is 279 Å². The lowest BCUT2D eigenvalue weighted by Gasteiger charge is -2.16. The standard InChI is InChI=1S/C39H51FN2O5/c1-4-7-9-11-12-13-14-16-28-45-35-25-23-33(24-26-35)42-41-32-21-18-30(19-22-32)38(43)47-37-27-20-31(29-36(37)40)39(44)46-34(6-3)17-15-10-8-5-2/h18-27,29,34H,4-17,28H2,1-3H3/t34-/m0/s1. The molecule has 0 bridgehead atoms. The van der Waals surface area contributed by atoms with Crippen molar-refractivity contribution in [3.05, 3.63) is 83.7 Å². The van der Waals surface area contributed by atoms with E-state index in [4.69, 9.17) is 14.2 Å². The van der Waals surface area contributed by atoms with Crippen LogP contribution in [0.3, 0.4) is 0 Å². The van der Waals surface area contributed by atoms with Crippen LogP contribution in [-0.4, -0.2) is 24.6 Å². The number of azo groups is 1. The van der Waals surface area contributed by atoms with Crippen molar-refractivity contribution in [2.75, 3.05) is 6.61 Å². The van der Waals surface area contributed by atoms with Gasteiger partial charge in [-0.2, -0.15) is 10.2 Å². The zero-order valence-corrected chi connectivity index (χ0v) is 28.3. The molecule has 8 heteroatoms. The smallest absolute Gasteiger partial charge is 0.343 e. The number of nitrogens with zero attached hydrogens (tertiary/aromatic N) is 2. The van der Waals surface area contributed by atoms with Crippen molar-refractivity contribution in [2.24, 2.45) is 10.2 Å². The van der Waals surface area contributed by atoms with Crippen LogP contribution in [0.15, 0.2) is 77.0 Å². The van der Waals surface area contributed by atoms with E-state index in [2.05, 4.69) is 24.1 Å². The Morgan fingerprint density at radius 2 is 1.21 bits per heavy atom. The minimum atomic E-state index is -0.821. The highest BCUT2D eigenvalue weighted by Gasteiger charge is 2.18. The molecule has 0 aromatic heterocycles. The Morgan fingerprint density at radius 1 is 0.660 bits per heavy atom. The van der Waals surface area contributed by atoms with E-state index in [0.717, 1.165) is 50.3 Å². The first-order valence-electron chi connectivity index (χ1n) is 17.4. The van der Waals surface area contributed by atoms with E-state index in [1.807, 2.05) is 31.2 Å². The summed E-state index contributed by atoms with van der Waals surface area (Å²) in [6, 6.07) is 17.5. The molecule has 3 aromatic carbocycles. The molecular weight excluding hydrogens is 595 g/mol. The van der Waals surface area contributed by atoms with Gasteiger partial charge in [0.15, 0.2) is 11.6 Å². The molecule has 0 aliphatic carbocycles. The van der Waals surface area contributed by atoms with Crippen molar-refractivity contribution in [3.8, 4) is 11.5 Å². The lowest BCUT2D eigenvalue weighted by atomic mass is 10.1. The van der Waals surface area contributed by atoms with Gasteiger partial charge < -0.3 is 14.2 Å². The molecule has 0 amide bonds. The Hall–Kier alpha value is -4.07. The normalized spacial score (nSPS) is 11.8. The van der Waals surface area contributed by atoms with Crippen molar-refractivity contribution in [3.63, 3.8) is 0 Å². The first-order valence-corrected chi connectivity index (χ1v) is 17.4. The summed E-state index contributed by atoms with van der Waals surface area (Å²) in [7, 11) is 0. The van der Waals surface area contributed by atoms with Gasteiger partial charge in [-0.25, -0.2) is 14.0 Å². The summed E-state index contributed by atoms with van der Waals surface area (Å²) in [5.41, 5.74) is 1.51. The Bertz CT molecular complexity index is 1380. The number of esters is 2. The van der Waals surface area contributed by atoms with Gasteiger partial charge in [0.1, 0.15) is 11.9 Å². The van der Waals surface area contributed by atoms with Crippen molar-refractivity contribution >= 4 is 23.3 Å². The van der Waals surface area contributed by atoms with Gasteiger partial charge >= 0.3 is 11.9 Å². The predicted molar refractivity (Wildman–Crippen MR) is 185 cm³/mol. The minimum Gasteiger partial charge on any atom is -0.494 e. The fourth-order valence-electron chi connectivity index (χ4n) is 5.05. The molecule has 1 atom stereocenters. The second-order valence-corrected chi connectivity index (χ2v) is 11.9. The average Bonchev–Trinajstić information content (AvgIpc) is 3.09. The van der Waals surface area contributed by atoms with Gasteiger partial charge in [-0.3, -0.25) is 0 Å². The first-order chi connectivity index (χ1) is 22.9. The highest BCUT2D eigenvalue weighted by Crippen LogP contribution is 2.24. The third-order valence-electron chi connectivity index (χ3n) is 7.97. The molecule has 0 saturated carbocycles. The molecule has 0 aliphatic heterocycles. The van der Waals surface area contributed by atoms with Crippen LogP contribution >= 0.6 is 0 Å². The van der Waals surface area contributed by atoms with E-state index in [-0.39, 0.29) is 23.0 Å². The van der Waals surface area contributed by atoms with Crippen LogP contribution < -0.4 is 9.47 Å². The van der Waals surface area contributed by atoms with Gasteiger partial charge in [0.25, 0.3) is 0 Å². The molecule has 7 nitrogen and oxygen atoms in total. The number of halogens is 1. The maximum Gasteiger partial charge on any atom is 0.343 e. The third-order valence-corrected chi connectivity index (χ3v) is 7.97. The SMILES string of the molecule is CCCCCCCCCCOc1ccc(N=Nc2ccc(C(=O)Oc3ccc(C(=O)O[C@@H](CC)CCCCCC)cc3F)cc2)cc1. The summed E-state index contributed by atoms with van der Waals surface area (Å²) in [6.07, 6.45) is 15.7. The second kappa shape index (κ2) is 21.7.